The van der Waals surface area contributed by atoms with Crippen LogP contribution in [0, 0.1) is 0 Å². The predicted molar refractivity (Wildman–Crippen MR) is 157 cm³/mol. The third-order valence-electron chi connectivity index (χ3n) is 7.76. The number of thiophene rings is 1. The zero-order valence-electron chi connectivity index (χ0n) is 22.2. The van der Waals surface area contributed by atoms with Gasteiger partial charge in [0.2, 0.25) is 0 Å². The second-order valence-electron chi connectivity index (χ2n) is 10.8. The molecular formula is C28H35N7OS2. The molecule has 1 aliphatic carbocycles. The third kappa shape index (κ3) is 5.05. The number of H-pyrrole nitrogens is 1. The highest BCUT2D eigenvalue weighted by molar-refractivity contribution is 7.97. The van der Waals surface area contributed by atoms with Gasteiger partial charge in [0.1, 0.15) is 10.6 Å². The highest BCUT2D eigenvalue weighted by Gasteiger charge is 2.31. The maximum absolute atomic E-state index is 5.68. The minimum Gasteiger partial charge on any atom is -0.378 e. The van der Waals surface area contributed by atoms with Crippen LogP contribution < -0.4 is 4.90 Å². The molecule has 7 rings (SSSR count). The van der Waals surface area contributed by atoms with Gasteiger partial charge in [0.15, 0.2) is 5.82 Å². The Morgan fingerprint density at radius 1 is 1.03 bits per heavy atom. The molecule has 1 saturated carbocycles. The summed E-state index contributed by atoms with van der Waals surface area (Å²) in [6, 6.07) is 9.80. The van der Waals surface area contributed by atoms with Crippen LogP contribution in [0.4, 0.5) is 5.82 Å². The van der Waals surface area contributed by atoms with Crippen LogP contribution in [-0.4, -0.2) is 102 Å². The van der Waals surface area contributed by atoms with Gasteiger partial charge in [-0.05, 0) is 63.2 Å². The Hall–Kier alpha value is -2.21. The topological polar surface area (TPSA) is 63.8 Å². The monoisotopic (exact) mass is 549 g/mol. The van der Waals surface area contributed by atoms with Crippen molar-refractivity contribution in [3.8, 4) is 11.4 Å². The van der Waals surface area contributed by atoms with Gasteiger partial charge in [-0.3, -0.25) is 14.1 Å². The number of morpholine rings is 1. The Morgan fingerprint density at radius 3 is 2.61 bits per heavy atom. The fourth-order valence-corrected chi connectivity index (χ4v) is 7.53. The van der Waals surface area contributed by atoms with Crippen molar-refractivity contribution in [2.24, 2.45) is 0 Å². The molecule has 3 fully saturated rings. The van der Waals surface area contributed by atoms with Crippen LogP contribution in [0.25, 0.3) is 32.5 Å². The van der Waals surface area contributed by atoms with E-state index in [2.05, 4.69) is 62.3 Å². The molecule has 10 heteroatoms. The van der Waals surface area contributed by atoms with Gasteiger partial charge < -0.3 is 14.6 Å². The molecule has 3 aromatic heterocycles. The second kappa shape index (κ2) is 10.4. The molecule has 4 aromatic rings. The van der Waals surface area contributed by atoms with Crippen LogP contribution in [0.5, 0.6) is 0 Å². The number of nitrogens with one attached hydrogen (secondary N) is 1. The normalized spacial score (nSPS) is 19.8. The number of aromatic nitrogens is 3. The average molecular weight is 550 g/mol. The molecule has 2 saturated heterocycles. The maximum atomic E-state index is 5.68. The van der Waals surface area contributed by atoms with Crippen LogP contribution in [0.1, 0.15) is 17.7 Å². The molecule has 2 aliphatic heterocycles. The van der Waals surface area contributed by atoms with Gasteiger partial charge in [-0.1, -0.05) is 0 Å². The van der Waals surface area contributed by atoms with E-state index in [-0.39, 0.29) is 0 Å². The summed E-state index contributed by atoms with van der Waals surface area (Å²) < 4.78 is 7.80. The number of benzene rings is 1. The third-order valence-corrected chi connectivity index (χ3v) is 9.58. The summed E-state index contributed by atoms with van der Waals surface area (Å²) in [5.74, 6) is 1.85. The number of nitrogens with zero attached hydrogens (tertiary/aromatic N) is 6. The highest BCUT2D eigenvalue weighted by Crippen LogP contribution is 2.38. The molecule has 3 aliphatic rings. The first-order valence-electron chi connectivity index (χ1n) is 13.7. The van der Waals surface area contributed by atoms with Gasteiger partial charge in [-0.15, -0.1) is 11.3 Å². The molecule has 1 N–H and O–H groups in total. The van der Waals surface area contributed by atoms with Crippen LogP contribution >= 0.6 is 23.3 Å². The van der Waals surface area contributed by atoms with Gasteiger partial charge in [0.25, 0.3) is 0 Å². The number of fused-ring (bicyclic) bond motifs is 2. The SMILES string of the molecule is CN(C)Sc1cc(-c2nc(N3CCOCC3)c3cc(CN4CCN(C5CC5)CC4)sc3n2)c2cc[nH]c2c1. The van der Waals surface area contributed by atoms with Crippen molar-refractivity contribution in [1.29, 1.82) is 0 Å². The lowest BCUT2D eigenvalue weighted by Gasteiger charge is -2.34. The fourth-order valence-electron chi connectivity index (χ4n) is 5.71. The molecule has 8 nitrogen and oxygen atoms in total. The Labute approximate surface area is 232 Å². The molecule has 0 spiro atoms. The number of hydrogen-bond acceptors (Lipinski definition) is 9. The van der Waals surface area contributed by atoms with Crippen molar-refractivity contribution >= 4 is 50.2 Å². The fraction of sp³-hybridized carbons (Fsp3) is 0.500. The van der Waals surface area contributed by atoms with Crippen LogP contribution in [-0.2, 0) is 11.3 Å². The maximum Gasteiger partial charge on any atom is 0.163 e. The molecular weight excluding hydrogens is 514 g/mol. The van der Waals surface area contributed by atoms with Gasteiger partial charge in [-0.2, -0.15) is 0 Å². The van der Waals surface area contributed by atoms with E-state index in [9.17, 15) is 0 Å². The van der Waals surface area contributed by atoms with E-state index in [1.54, 1.807) is 11.9 Å². The molecule has 0 radical (unpaired) electrons. The van der Waals surface area contributed by atoms with Gasteiger partial charge >= 0.3 is 0 Å². The summed E-state index contributed by atoms with van der Waals surface area (Å²) in [4.78, 5) is 25.2. The zero-order chi connectivity index (χ0) is 25.6. The lowest BCUT2D eigenvalue weighted by atomic mass is 10.1. The first-order chi connectivity index (χ1) is 18.6. The van der Waals surface area contributed by atoms with Gasteiger partial charge in [0.05, 0.1) is 18.6 Å². The molecule has 0 unspecified atom stereocenters. The van der Waals surface area contributed by atoms with Crippen molar-refractivity contribution in [1.82, 2.24) is 29.1 Å². The highest BCUT2D eigenvalue weighted by atomic mass is 32.2. The molecule has 1 aromatic carbocycles. The minimum atomic E-state index is 0.736. The predicted octanol–water partition coefficient (Wildman–Crippen LogP) is 4.52. The smallest absolute Gasteiger partial charge is 0.163 e. The summed E-state index contributed by atoms with van der Waals surface area (Å²) in [6.45, 7) is 8.89. The van der Waals surface area contributed by atoms with E-state index in [0.29, 0.717) is 0 Å². The standard InChI is InChI=1S/C28H35N7OS2/c1-32(2)38-20-15-23(22-5-6-29-25(22)17-20)26-30-27(35-11-13-36-14-12-35)24-16-21(37-28(24)31-26)18-33-7-9-34(10-8-33)19-3-4-19/h5-6,15-17,19,29H,3-4,7-14,18H2,1-2H3. The summed E-state index contributed by atoms with van der Waals surface area (Å²) in [6.07, 6.45) is 4.80. The molecule has 38 heavy (non-hydrogen) atoms. The number of hydrogen-bond donors (Lipinski definition) is 1. The summed E-state index contributed by atoms with van der Waals surface area (Å²) in [5, 5.41) is 2.34. The Kier molecular flexibility index (Phi) is 6.79. The Morgan fingerprint density at radius 2 is 1.84 bits per heavy atom. The number of aromatic amines is 1. The van der Waals surface area contributed by atoms with Crippen molar-refractivity contribution in [3.63, 3.8) is 0 Å². The van der Waals surface area contributed by atoms with Crippen LogP contribution in [0.2, 0.25) is 0 Å². The molecule has 0 amide bonds. The number of rotatable bonds is 7. The van der Waals surface area contributed by atoms with Crippen molar-refractivity contribution in [3.05, 3.63) is 35.3 Å². The summed E-state index contributed by atoms with van der Waals surface area (Å²) >= 11 is 3.55. The quantitative estimate of drug-likeness (QED) is 0.338. The van der Waals surface area contributed by atoms with Gasteiger partial charge in [-0.25, -0.2) is 9.97 Å². The van der Waals surface area contributed by atoms with E-state index >= 15 is 0 Å². The number of anilines is 1. The summed E-state index contributed by atoms with van der Waals surface area (Å²) in [7, 11) is 4.14. The molecule has 5 heterocycles. The van der Waals surface area contributed by atoms with E-state index in [1.807, 2.05) is 17.5 Å². The lowest BCUT2D eigenvalue weighted by molar-refractivity contribution is 0.122. The van der Waals surface area contributed by atoms with E-state index in [0.717, 1.165) is 84.9 Å². The van der Waals surface area contributed by atoms with Gasteiger partial charge in [0, 0.05) is 84.3 Å². The van der Waals surface area contributed by atoms with E-state index in [4.69, 9.17) is 14.7 Å². The Balaban J connectivity index is 1.26. The first-order valence-corrected chi connectivity index (χ1v) is 15.3. The largest absolute Gasteiger partial charge is 0.378 e. The lowest BCUT2D eigenvalue weighted by Crippen LogP contribution is -2.46. The average Bonchev–Trinajstić information content (AvgIpc) is 3.52. The Bertz CT molecular complexity index is 1430. The molecule has 200 valence electrons. The first kappa shape index (κ1) is 24.8. The zero-order valence-corrected chi connectivity index (χ0v) is 23.8. The van der Waals surface area contributed by atoms with E-state index in [1.165, 1.54) is 41.1 Å². The summed E-state index contributed by atoms with van der Waals surface area (Å²) in [5.41, 5.74) is 2.19. The van der Waals surface area contributed by atoms with Crippen molar-refractivity contribution in [2.75, 3.05) is 71.5 Å². The number of ether oxygens (including phenoxy) is 1. The van der Waals surface area contributed by atoms with Crippen molar-refractivity contribution < 1.29 is 4.74 Å². The molecule has 0 bridgehead atoms. The minimum absolute atomic E-state index is 0.736. The second-order valence-corrected chi connectivity index (χ2v) is 13.3. The van der Waals surface area contributed by atoms with E-state index < -0.39 is 0 Å². The number of piperazine rings is 1. The van der Waals surface area contributed by atoms with Crippen molar-refractivity contribution in [2.45, 2.75) is 30.3 Å². The van der Waals surface area contributed by atoms with Crippen LogP contribution in [0.15, 0.2) is 35.4 Å². The molecule has 0 atom stereocenters. The van der Waals surface area contributed by atoms with Crippen LogP contribution in [0.3, 0.4) is 0 Å².